The number of carbonyl (C=O) groups excluding carboxylic acids is 3. The van der Waals surface area contributed by atoms with Crippen molar-refractivity contribution in [3.8, 4) is 0 Å². The zero-order valence-electron chi connectivity index (χ0n) is 22.2. The molecule has 39 heavy (non-hydrogen) atoms. The van der Waals surface area contributed by atoms with E-state index < -0.39 is 23.6 Å². The molecule has 4 rings (SSSR count). The lowest BCUT2D eigenvalue weighted by Crippen LogP contribution is -2.40. The molecule has 0 aliphatic carbocycles. The molecular weight excluding hydrogens is 520 g/mol. The average molecular weight is 549 g/mol. The number of halogens is 1. The smallest absolute Gasteiger partial charge is 0.408 e. The number of hydrogen-bond acceptors (Lipinski definition) is 7. The van der Waals surface area contributed by atoms with Crippen LogP contribution in [0.3, 0.4) is 0 Å². The van der Waals surface area contributed by atoms with E-state index in [0.29, 0.717) is 27.2 Å². The zero-order chi connectivity index (χ0) is 28.3. The minimum absolute atomic E-state index is 0.0787. The van der Waals surface area contributed by atoms with E-state index in [1.165, 1.54) is 24.8 Å². The summed E-state index contributed by atoms with van der Waals surface area (Å²) < 4.78 is 7.25. The molecule has 3 aromatic heterocycles. The van der Waals surface area contributed by atoms with Crippen LogP contribution in [0.5, 0.6) is 0 Å². The fraction of sp³-hybridized carbons (Fsp3) is 0.286. The van der Waals surface area contributed by atoms with E-state index in [1.807, 2.05) is 18.4 Å². The van der Waals surface area contributed by atoms with Crippen molar-refractivity contribution in [1.82, 2.24) is 24.8 Å². The number of nitrogens with zero attached hydrogens (tertiary/aromatic N) is 4. The van der Waals surface area contributed by atoms with Crippen molar-refractivity contribution in [3.63, 3.8) is 0 Å². The summed E-state index contributed by atoms with van der Waals surface area (Å²) >= 11 is 6.01. The molecule has 0 bridgehead atoms. The van der Waals surface area contributed by atoms with Crippen molar-refractivity contribution >= 4 is 46.1 Å². The van der Waals surface area contributed by atoms with Gasteiger partial charge in [0.1, 0.15) is 23.6 Å². The normalized spacial score (nSPS) is 12.3. The van der Waals surface area contributed by atoms with Gasteiger partial charge in [-0.3, -0.25) is 14.6 Å². The minimum Gasteiger partial charge on any atom is -0.444 e. The fourth-order valence-electron chi connectivity index (χ4n) is 3.95. The number of ketones is 1. The SMILES string of the molecule is CC(C)n1cc(C(=O)c2cncc(NC(=O)C(NC(=O)OC(C)(C)C)c3ccc(Cl)cc3)c2)c2cncnc21. The highest BCUT2D eigenvalue weighted by atomic mass is 35.5. The number of anilines is 1. The molecule has 10 nitrogen and oxygen atoms in total. The summed E-state index contributed by atoms with van der Waals surface area (Å²) in [7, 11) is 0. The number of nitrogens with one attached hydrogen (secondary N) is 2. The molecular formula is C28H29ClN6O4. The molecule has 0 saturated heterocycles. The van der Waals surface area contributed by atoms with Crippen molar-refractivity contribution in [3.05, 3.63) is 83.2 Å². The Bertz CT molecular complexity index is 1530. The average Bonchev–Trinajstić information content (AvgIpc) is 3.27. The molecule has 1 unspecified atom stereocenters. The van der Waals surface area contributed by atoms with E-state index in [9.17, 15) is 14.4 Å². The first-order valence-corrected chi connectivity index (χ1v) is 12.7. The van der Waals surface area contributed by atoms with Crippen LogP contribution in [0.1, 0.15) is 68.2 Å². The molecule has 0 aliphatic heterocycles. The summed E-state index contributed by atoms with van der Waals surface area (Å²) in [6.07, 6.45) is 6.88. The summed E-state index contributed by atoms with van der Waals surface area (Å²) in [6.45, 7) is 9.17. The number of alkyl carbamates (subject to hydrolysis) is 1. The second-order valence-corrected chi connectivity index (χ2v) is 10.7. The van der Waals surface area contributed by atoms with Gasteiger partial charge in [0, 0.05) is 40.6 Å². The summed E-state index contributed by atoms with van der Waals surface area (Å²) in [4.78, 5) is 51.9. The lowest BCUT2D eigenvalue weighted by molar-refractivity contribution is -0.118. The van der Waals surface area contributed by atoms with Crippen LogP contribution in [0, 0.1) is 0 Å². The standard InChI is InChI=1S/C28H29ClN6O4/c1-16(2)35-14-22(21-13-31-15-32-25(21)35)24(36)18-10-20(12-30-11-18)33-26(37)23(17-6-8-19(29)9-7-17)34-27(38)39-28(3,4)5/h6-16,23H,1-5H3,(H,33,37)(H,34,38). The van der Waals surface area contributed by atoms with Gasteiger partial charge in [-0.05, 0) is 58.4 Å². The Kier molecular flexibility index (Phi) is 7.96. The Balaban J connectivity index is 1.61. The van der Waals surface area contributed by atoms with Gasteiger partial charge in [-0.25, -0.2) is 14.8 Å². The van der Waals surface area contributed by atoms with Gasteiger partial charge in [-0.1, -0.05) is 23.7 Å². The van der Waals surface area contributed by atoms with E-state index in [1.54, 1.807) is 57.4 Å². The van der Waals surface area contributed by atoms with E-state index in [0.717, 1.165) is 0 Å². The van der Waals surface area contributed by atoms with E-state index in [2.05, 4.69) is 25.6 Å². The molecule has 2 N–H and O–H groups in total. The van der Waals surface area contributed by atoms with Crippen LogP contribution in [0.15, 0.2) is 61.4 Å². The van der Waals surface area contributed by atoms with Gasteiger partial charge in [-0.15, -0.1) is 0 Å². The first-order valence-electron chi connectivity index (χ1n) is 12.3. The second kappa shape index (κ2) is 11.2. The Morgan fingerprint density at radius 1 is 1.03 bits per heavy atom. The van der Waals surface area contributed by atoms with Gasteiger partial charge in [0.05, 0.1) is 17.4 Å². The van der Waals surface area contributed by atoms with Gasteiger partial charge in [0.25, 0.3) is 5.91 Å². The second-order valence-electron chi connectivity index (χ2n) is 10.2. The number of rotatable bonds is 7. The van der Waals surface area contributed by atoms with Crippen LogP contribution in [0.4, 0.5) is 10.5 Å². The lowest BCUT2D eigenvalue weighted by Gasteiger charge is -2.23. The third-order valence-corrected chi connectivity index (χ3v) is 5.94. The highest BCUT2D eigenvalue weighted by Gasteiger charge is 2.27. The third kappa shape index (κ3) is 6.58. The van der Waals surface area contributed by atoms with Crippen LogP contribution < -0.4 is 10.6 Å². The first kappa shape index (κ1) is 27.7. The van der Waals surface area contributed by atoms with Gasteiger partial charge < -0.3 is 19.9 Å². The van der Waals surface area contributed by atoms with Gasteiger partial charge in [0.2, 0.25) is 0 Å². The molecule has 202 valence electrons. The highest BCUT2D eigenvalue weighted by Crippen LogP contribution is 2.26. The molecule has 0 saturated carbocycles. The predicted octanol–water partition coefficient (Wildman–Crippen LogP) is 5.50. The summed E-state index contributed by atoms with van der Waals surface area (Å²) in [6, 6.07) is 7.01. The topological polar surface area (TPSA) is 128 Å². The molecule has 0 radical (unpaired) electrons. The number of carbonyl (C=O) groups is 3. The third-order valence-electron chi connectivity index (χ3n) is 5.69. The summed E-state index contributed by atoms with van der Waals surface area (Å²) in [5.41, 5.74) is 1.36. The maximum Gasteiger partial charge on any atom is 0.408 e. The lowest BCUT2D eigenvalue weighted by atomic mass is 10.0. The Hall–Kier alpha value is -4.31. The Morgan fingerprint density at radius 2 is 1.74 bits per heavy atom. The molecule has 3 heterocycles. The van der Waals surface area contributed by atoms with E-state index in [-0.39, 0.29) is 23.1 Å². The monoisotopic (exact) mass is 548 g/mol. The predicted molar refractivity (Wildman–Crippen MR) is 148 cm³/mol. The van der Waals surface area contributed by atoms with Crippen LogP contribution in [0.2, 0.25) is 5.02 Å². The Labute approximate surface area is 230 Å². The molecule has 11 heteroatoms. The molecule has 0 spiro atoms. The highest BCUT2D eigenvalue weighted by molar-refractivity contribution is 6.30. The van der Waals surface area contributed by atoms with Crippen LogP contribution >= 0.6 is 11.6 Å². The number of fused-ring (bicyclic) bond motifs is 1. The molecule has 1 atom stereocenters. The molecule has 0 aliphatic rings. The van der Waals surface area contributed by atoms with E-state index >= 15 is 0 Å². The van der Waals surface area contributed by atoms with Crippen LogP contribution in [0.25, 0.3) is 11.0 Å². The van der Waals surface area contributed by atoms with Crippen LogP contribution in [-0.4, -0.2) is 42.9 Å². The Morgan fingerprint density at radius 3 is 2.41 bits per heavy atom. The minimum atomic E-state index is -1.10. The van der Waals surface area contributed by atoms with Crippen molar-refractivity contribution in [1.29, 1.82) is 0 Å². The largest absolute Gasteiger partial charge is 0.444 e. The maximum atomic E-state index is 13.5. The number of benzene rings is 1. The summed E-state index contributed by atoms with van der Waals surface area (Å²) in [5, 5.41) is 6.45. The number of hydrogen-bond donors (Lipinski definition) is 2. The number of aromatic nitrogens is 4. The van der Waals surface area contributed by atoms with E-state index in [4.69, 9.17) is 16.3 Å². The van der Waals surface area contributed by atoms with Crippen LogP contribution in [-0.2, 0) is 9.53 Å². The molecule has 4 aromatic rings. The molecule has 1 aromatic carbocycles. The van der Waals surface area contributed by atoms with Crippen molar-refractivity contribution < 1.29 is 19.1 Å². The number of amides is 2. The van der Waals surface area contributed by atoms with Crippen molar-refractivity contribution in [2.75, 3.05) is 5.32 Å². The fourth-order valence-corrected chi connectivity index (χ4v) is 4.07. The maximum absolute atomic E-state index is 13.5. The van der Waals surface area contributed by atoms with Gasteiger partial charge in [0.15, 0.2) is 5.78 Å². The quantitative estimate of drug-likeness (QED) is 0.292. The molecule has 0 fully saturated rings. The first-order chi connectivity index (χ1) is 18.4. The van der Waals surface area contributed by atoms with Crippen molar-refractivity contribution in [2.45, 2.75) is 52.3 Å². The van der Waals surface area contributed by atoms with Crippen molar-refractivity contribution in [2.24, 2.45) is 0 Å². The molecule has 2 amide bonds. The summed E-state index contributed by atoms with van der Waals surface area (Å²) in [5.74, 6) is -0.849. The number of ether oxygens (including phenoxy) is 1. The number of pyridine rings is 1. The van der Waals surface area contributed by atoms with Gasteiger partial charge >= 0.3 is 6.09 Å². The van der Waals surface area contributed by atoms with Gasteiger partial charge in [-0.2, -0.15) is 0 Å². The zero-order valence-corrected chi connectivity index (χ0v) is 23.0.